The van der Waals surface area contributed by atoms with Gasteiger partial charge < -0.3 is 10.1 Å². The molecule has 0 bridgehead atoms. The average molecular weight is 390 g/mol. The minimum absolute atomic E-state index is 0. The predicted octanol–water partition coefficient (Wildman–Crippen LogP) is 3.84. The first-order chi connectivity index (χ1) is 10.2. The van der Waals surface area contributed by atoms with Gasteiger partial charge in [-0.1, -0.05) is 15.9 Å². The van der Waals surface area contributed by atoms with E-state index in [1.807, 2.05) is 6.07 Å². The molecule has 1 aliphatic carbocycles. The van der Waals surface area contributed by atoms with Gasteiger partial charge in [0, 0.05) is 17.1 Å². The van der Waals surface area contributed by atoms with E-state index in [0.717, 1.165) is 24.3 Å². The van der Waals surface area contributed by atoms with E-state index in [9.17, 15) is 0 Å². The second-order valence-electron chi connectivity index (χ2n) is 6.36. The summed E-state index contributed by atoms with van der Waals surface area (Å²) >= 11 is 3.65. The minimum Gasteiger partial charge on any atom is -0.497 e. The van der Waals surface area contributed by atoms with Crippen LogP contribution in [0.1, 0.15) is 31.2 Å². The topological polar surface area (TPSA) is 24.5 Å². The van der Waals surface area contributed by atoms with Crippen LogP contribution in [0.15, 0.2) is 22.7 Å². The molecule has 5 heteroatoms. The summed E-state index contributed by atoms with van der Waals surface area (Å²) in [6, 6.07) is 6.96. The first-order valence-corrected chi connectivity index (χ1v) is 8.82. The Morgan fingerprint density at radius 3 is 2.59 bits per heavy atom. The smallest absolute Gasteiger partial charge is 0.119 e. The first kappa shape index (κ1) is 18.1. The average Bonchev–Trinajstić information content (AvgIpc) is 3.33. The molecule has 0 unspecified atom stereocenters. The van der Waals surface area contributed by atoms with Crippen molar-refractivity contribution in [2.45, 2.75) is 38.3 Å². The number of nitrogens with zero attached hydrogens (tertiary/aromatic N) is 1. The van der Waals surface area contributed by atoms with Gasteiger partial charge in [-0.15, -0.1) is 12.4 Å². The number of rotatable bonds is 6. The van der Waals surface area contributed by atoms with Gasteiger partial charge in [0.1, 0.15) is 5.75 Å². The molecule has 124 valence electrons. The lowest BCUT2D eigenvalue weighted by molar-refractivity contribution is 0.189. The van der Waals surface area contributed by atoms with E-state index < -0.39 is 0 Å². The van der Waals surface area contributed by atoms with Crippen molar-refractivity contribution in [1.29, 1.82) is 0 Å². The molecule has 0 spiro atoms. The van der Waals surface area contributed by atoms with Crippen molar-refractivity contribution in [3.8, 4) is 5.75 Å². The Kier molecular flexibility index (Phi) is 7.00. The van der Waals surface area contributed by atoms with Crippen molar-refractivity contribution in [2.24, 2.45) is 5.92 Å². The summed E-state index contributed by atoms with van der Waals surface area (Å²) in [6.45, 7) is 4.62. The number of halogens is 2. The van der Waals surface area contributed by atoms with Gasteiger partial charge in [-0.3, -0.25) is 4.90 Å². The SMILES string of the molecule is COc1ccc(Br)c(CN2CCC(NCC3CC3)CC2)c1.Cl. The van der Waals surface area contributed by atoms with Crippen LogP contribution in [0.25, 0.3) is 0 Å². The van der Waals surface area contributed by atoms with Gasteiger partial charge in [0.15, 0.2) is 0 Å². The molecular weight excluding hydrogens is 364 g/mol. The monoisotopic (exact) mass is 388 g/mol. The third-order valence-corrected chi connectivity index (χ3v) is 5.40. The van der Waals surface area contributed by atoms with Gasteiger partial charge in [-0.25, -0.2) is 0 Å². The van der Waals surface area contributed by atoms with Gasteiger partial charge >= 0.3 is 0 Å². The Hall–Kier alpha value is -0.290. The summed E-state index contributed by atoms with van der Waals surface area (Å²) < 4.78 is 6.50. The maximum atomic E-state index is 5.33. The Bertz CT molecular complexity index is 474. The molecule has 0 amide bonds. The van der Waals surface area contributed by atoms with E-state index in [1.54, 1.807) is 7.11 Å². The number of likely N-dealkylation sites (tertiary alicyclic amines) is 1. The quantitative estimate of drug-likeness (QED) is 0.800. The van der Waals surface area contributed by atoms with Crippen LogP contribution in [0.3, 0.4) is 0 Å². The van der Waals surface area contributed by atoms with E-state index in [4.69, 9.17) is 4.74 Å². The van der Waals surface area contributed by atoms with Crippen LogP contribution in [0, 0.1) is 5.92 Å². The van der Waals surface area contributed by atoms with Gasteiger partial charge in [0.2, 0.25) is 0 Å². The number of ether oxygens (including phenoxy) is 1. The molecule has 1 saturated carbocycles. The highest BCUT2D eigenvalue weighted by Gasteiger charge is 2.24. The molecule has 0 radical (unpaired) electrons. The third-order valence-electron chi connectivity index (χ3n) is 4.63. The highest BCUT2D eigenvalue weighted by Crippen LogP contribution is 2.28. The van der Waals surface area contributed by atoms with Crippen LogP contribution >= 0.6 is 28.3 Å². The van der Waals surface area contributed by atoms with E-state index in [-0.39, 0.29) is 12.4 Å². The normalized spacial score (nSPS) is 19.7. The van der Waals surface area contributed by atoms with E-state index in [1.165, 1.54) is 55.4 Å². The standard InChI is InChI=1S/C17H25BrN2O.ClH/c1-21-16-4-5-17(18)14(10-16)12-20-8-6-15(7-9-20)19-11-13-2-3-13;/h4-5,10,13,15,19H,2-3,6-9,11-12H2,1H3;1H. The van der Waals surface area contributed by atoms with Gasteiger partial charge in [-0.2, -0.15) is 0 Å². The van der Waals surface area contributed by atoms with Crippen molar-refractivity contribution in [2.75, 3.05) is 26.7 Å². The van der Waals surface area contributed by atoms with Crippen molar-refractivity contribution in [3.05, 3.63) is 28.2 Å². The van der Waals surface area contributed by atoms with Gasteiger partial charge in [0.05, 0.1) is 7.11 Å². The fourth-order valence-electron chi connectivity index (χ4n) is 2.99. The number of benzene rings is 1. The molecule has 1 aromatic rings. The van der Waals surface area contributed by atoms with E-state index in [0.29, 0.717) is 0 Å². The van der Waals surface area contributed by atoms with Crippen LogP contribution < -0.4 is 10.1 Å². The molecule has 1 heterocycles. The largest absolute Gasteiger partial charge is 0.497 e. The molecule has 22 heavy (non-hydrogen) atoms. The summed E-state index contributed by atoms with van der Waals surface area (Å²) in [6.07, 6.45) is 5.42. The number of hydrogen-bond acceptors (Lipinski definition) is 3. The van der Waals surface area contributed by atoms with Crippen molar-refractivity contribution >= 4 is 28.3 Å². The van der Waals surface area contributed by atoms with E-state index >= 15 is 0 Å². The Balaban J connectivity index is 0.00000176. The first-order valence-electron chi connectivity index (χ1n) is 8.03. The van der Waals surface area contributed by atoms with Crippen LogP contribution in [0.4, 0.5) is 0 Å². The van der Waals surface area contributed by atoms with Crippen molar-refractivity contribution in [3.63, 3.8) is 0 Å². The maximum Gasteiger partial charge on any atom is 0.119 e. The summed E-state index contributed by atoms with van der Waals surface area (Å²) in [5.74, 6) is 1.92. The van der Waals surface area contributed by atoms with E-state index in [2.05, 4.69) is 38.3 Å². The molecule has 0 atom stereocenters. The summed E-state index contributed by atoms with van der Waals surface area (Å²) in [5.41, 5.74) is 1.32. The minimum atomic E-state index is 0. The highest BCUT2D eigenvalue weighted by molar-refractivity contribution is 9.10. The van der Waals surface area contributed by atoms with Crippen LogP contribution in [-0.4, -0.2) is 37.7 Å². The highest BCUT2D eigenvalue weighted by atomic mass is 79.9. The number of hydrogen-bond donors (Lipinski definition) is 1. The lowest BCUT2D eigenvalue weighted by Crippen LogP contribution is -2.42. The molecule has 1 aromatic carbocycles. The Morgan fingerprint density at radius 1 is 1.23 bits per heavy atom. The zero-order valence-electron chi connectivity index (χ0n) is 13.2. The van der Waals surface area contributed by atoms with Crippen LogP contribution in [0.2, 0.25) is 0 Å². The lowest BCUT2D eigenvalue weighted by atomic mass is 10.0. The second-order valence-corrected chi connectivity index (χ2v) is 7.21. The summed E-state index contributed by atoms with van der Waals surface area (Å²) in [7, 11) is 1.73. The fourth-order valence-corrected chi connectivity index (χ4v) is 3.36. The second kappa shape index (κ2) is 8.53. The summed E-state index contributed by atoms with van der Waals surface area (Å²) in [5, 5.41) is 3.74. The number of nitrogens with one attached hydrogen (secondary N) is 1. The molecule has 2 fully saturated rings. The van der Waals surface area contributed by atoms with Crippen LogP contribution in [-0.2, 0) is 6.54 Å². The van der Waals surface area contributed by atoms with Gasteiger partial charge in [0.25, 0.3) is 0 Å². The third kappa shape index (κ3) is 5.12. The Labute approximate surface area is 148 Å². The zero-order chi connectivity index (χ0) is 14.7. The molecule has 1 saturated heterocycles. The molecule has 3 rings (SSSR count). The summed E-state index contributed by atoms with van der Waals surface area (Å²) in [4.78, 5) is 2.55. The van der Waals surface area contributed by atoms with Gasteiger partial charge in [-0.05, 0) is 75.0 Å². The molecule has 3 nitrogen and oxygen atoms in total. The molecule has 0 aromatic heterocycles. The number of methoxy groups -OCH3 is 1. The lowest BCUT2D eigenvalue weighted by Gasteiger charge is -2.32. The van der Waals surface area contributed by atoms with Crippen LogP contribution in [0.5, 0.6) is 5.75 Å². The van der Waals surface area contributed by atoms with Crippen molar-refractivity contribution < 1.29 is 4.74 Å². The predicted molar refractivity (Wildman–Crippen MR) is 97.0 cm³/mol. The molecule has 1 N–H and O–H groups in total. The molecule has 2 aliphatic rings. The fraction of sp³-hybridized carbons (Fsp3) is 0.647. The maximum absolute atomic E-state index is 5.33. The number of piperidine rings is 1. The zero-order valence-corrected chi connectivity index (χ0v) is 15.6. The molecule has 1 aliphatic heterocycles. The molecular formula is C17H26BrClN2O. The Morgan fingerprint density at radius 2 is 1.95 bits per heavy atom. The van der Waals surface area contributed by atoms with Crippen molar-refractivity contribution in [1.82, 2.24) is 10.2 Å².